The maximum absolute atomic E-state index is 12.3. The van der Waals surface area contributed by atoms with Gasteiger partial charge in [-0.05, 0) is 37.2 Å². The predicted octanol–water partition coefficient (Wildman–Crippen LogP) is 3.19. The van der Waals surface area contributed by atoms with Gasteiger partial charge in [0.25, 0.3) is 0 Å². The molecule has 2 heterocycles. The summed E-state index contributed by atoms with van der Waals surface area (Å²) in [6, 6.07) is 12.4. The molecule has 3 rings (SSSR count). The Morgan fingerprint density at radius 2 is 2.09 bits per heavy atom. The molecule has 23 heavy (non-hydrogen) atoms. The van der Waals surface area contributed by atoms with Gasteiger partial charge in [-0.3, -0.25) is 4.79 Å². The van der Waals surface area contributed by atoms with Gasteiger partial charge >= 0.3 is 0 Å². The molecule has 0 aliphatic carbocycles. The van der Waals surface area contributed by atoms with E-state index in [0.717, 1.165) is 16.5 Å². The molecule has 0 radical (unpaired) electrons. The Morgan fingerprint density at radius 3 is 2.83 bits per heavy atom. The lowest BCUT2D eigenvalue weighted by Crippen LogP contribution is -2.34. The molecular weight excluding hydrogens is 306 g/mol. The average Bonchev–Trinajstić information content (AvgIpc) is 3.18. The summed E-state index contributed by atoms with van der Waals surface area (Å²) >= 11 is 1.72. The minimum Gasteiger partial charge on any atom is -0.361 e. The Kier molecular flexibility index (Phi) is 4.79. The van der Waals surface area contributed by atoms with Gasteiger partial charge in [0, 0.05) is 28.5 Å². The first-order valence-corrected chi connectivity index (χ1v) is 8.54. The maximum Gasteiger partial charge on any atom is 0.224 e. The van der Waals surface area contributed by atoms with Crippen LogP contribution in [0.1, 0.15) is 16.5 Å². The predicted molar refractivity (Wildman–Crippen MR) is 95.8 cm³/mol. The number of carbonyl (C=O) groups is 1. The quantitative estimate of drug-likeness (QED) is 0.730. The molecule has 0 saturated heterocycles. The lowest BCUT2D eigenvalue weighted by Gasteiger charge is -2.23. The van der Waals surface area contributed by atoms with Crippen LogP contribution >= 0.6 is 11.3 Å². The van der Waals surface area contributed by atoms with Gasteiger partial charge in [0.1, 0.15) is 0 Å². The summed E-state index contributed by atoms with van der Waals surface area (Å²) in [5, 5.41) is 6.25. The van der Waals surface area contributed by atoms with Crippen LogP contribution in [0.2, 0.25) is 0 Å². The number of nitrogens with one attached hydrogen (secondary N) is 2. The number of hydrogen-bond donors (Lipinski definition) is 2. The molecule has 2 aromatic heterocycles. The molecule has 0 fully saturated rings. The van der Waals surface area contributed by atoms with E-state index in [1.165, 1.54) is 4.88 Å². The van der Waals surface area contributed by atoms with Crippen molar-refractivity contribution < 1.29 is 4.79 Å². The minimum atomic E-state index is 0.0539. The fourth-order valence-corrected chi connectivity index (χ4v) is 3.67. The molecule has 1 atom stereocenters. The number of fused-ring (bicyclic) bond motifs is 1. The highest BCUT2D eigenvalue weighted by molar-refractivity contribution is 7.10. The fraction of sp³-hybridized carbons (Fsp3) is 0.278. The number of carbonyl (C=O) groups excluding carboxylic acids is 1. The van der Waals surface area contributed by atoms with Crippen LogP contribution in [0.25, 0.3) is 10.9 Å². The number of benzene rings is 1. The number of rotatable bonds is 6. The van der Waals surface area contributed by atoms with Crippen LogP contribution in [0.5, 0.6) is 0 Å². The van der Waals surface area contributed by atoms with Gasteiger partial charge in [-0.15, -0.1) is 11.3 Å². The molecule has 3 aromatic rings. The topological polar surface area (TPSA) is 48.1 Å². The van der Waals surface area contributed by atoms with Crippen molar-refractivity contribution in [1.29, 1.82) is 0 Å². The first-order valence-electron chi connectivity index (χ1n) is 7.66. The molecule has 2 N–H and O–H groups in total. The lowest BCUT2D eigenvalue weighted by molar-refractivity contribution is -0.120. The van der Waals surface area contributed by atoms with Gasteiger partial charge in [-0.25, -0.2) is 0 Å². The summed E-state index contributed by atoms with van der Waals surface area (Å²) in [4.78, 5) is 18.9. The van der Waals surface area contributed by atoms with E-state index in [0.29, 0.717) is 13.0 Å². The maximum atomic E-state index is 12.3. The van der Waals surface area contributed by atoms with Crippen LogP contribution < -0.4 is 5.32 Å². The molecule has 4 nitrogen and oxygen atoms in total. The fourth-order valence-electron chi connectivity index (χ4n) is 2.74. The van der Waals surface area contributed by atoms with Crippen LogP contribution in [-0.2, 0) is 11.2 Å². The van der Waals surface area contributed by atoms with Crippen molar-refractivity contribution in [2.45, 2.75) is 12.5 Å². The smallest absolute Gasteiger partial charge is 0.224 e. The van der Waals surface area contributed by atoms with Crippen molar-refractivity contribution in [3.63, 3.8) is 0 Å². The van der Waals surface area contributed by atoms with Gasteiger partial charge < -0.3 is 15.2 Å². The first kappa shape index (κ1) is 15.8. The Balaban J connectivity index is 1.63. The van der Waals surface area contributed by atoms with E-state index < -0.39 is 0 Å². The number of amides is 1. The van der Waals surface area contributed by atoms with E-state index in [-0.39, 0.29) is 11.9 Å². The number of aromatic amines is 1. The molecule has 0 spiro atoms. The van der Waals surface area contributed by atoms with Crippen molar-refractivity contribution in [3.05, 3.63) is 58.4 Å². The molecular formula is C18H21N3OS. The number of aromatic nitrogens is 1. The Labute approximate surface area is 140 Å². The van der Waals surface area contributed by atoms with Crippen LogP contribution in [0.4, 0.5) is 0 Å². The SMILES string of the molecule is CN(C)[C@@H](CNC(=O)Cc1c[nH]c2ccccc12)c1cccs1. The second-order valence-corrected chi connectivity index (χ2v) is 6.81. The summed E-state index contributed by atoms with van der Waals surface area (Å²) in [6.07, 6.45) is 2.32. The zero-order valence-corrected chi connectivity index (χ0v) is 14.2. The van der Waals surface area contributed by atoms with Crippen LogP contribution in [0.3, 0.4) is 0 Å². The number of hydrogen-bond acceptors (Lipinski definition) is 3. The van der Waals surface area contributed by atoms with Crippen LogP contribution in [-0.4, -0.2) is 36.4 Å². The van der Waals surface area contributed by atoms with Gasteiger partial charge in [0.15, 0.2) is 0 Å². The summed E-state index contributed by atoms with van der Waals surface area (Å²) in [7, 11) is 4.08. The third kappa shape index (κ3) is 3.63. The van der Waals surface area contributed by atoms with E-state index in [1.54, 1.807) is 11.3 Å². The molecule has 1 amide bonds. The number of para-hydroxylation sites is 1. The Morgan fingerprint density at radius 1 is 1.26 bits per heavy atom. The third-order valence-electron chi connectivity index (χ3n) is 4.01. The van der Waals surface area contributed by atoms with E-state index in [2.05, 4.69) is 26.6 Å². The monoisotopic (exact) mass is 327 g/mol. The molecule has 0 bridgehead atoms. The van der Waals surface area contributed by atoms with Crippen molar-refractivity contribution in [2.75, 3.05) is 20.6 Å². The van der Waals surface area contributed by atoms with Crippen molar-refractivity contribution in [1.82, 2.24) is 15.2 Å². The second-order valence-electron chi connectivity index (χ2n) is 5.84. The summed E-state index contributed by atoms with van der Waals surface area (Å²) in [5.74, 6) is 0.0539. The number of likely N-dealkylation sites (N-methyl/N-ethyl adjacent to an activating group) is 1. The standard InChI is InChI=1S/C18H21N3OS/c1-21(2)16(17-8-5-9-23-17)12-20-18(22)10-13-11-19-15-7-4-3-6-14(13)15/h3-9,11,16,19H,10,12H2,1-2H3,(H,20,22)/t16-/m0/s1. The van der Waals surface area contributed by atoms with Crippen LogP contribution in [0.15, 0.2) is 48.0 Å². The summed E-state index contributed by atoms with van der Waals surface area (Å²) < 4.78 is 0. The summed E-state index contributed by atoms with van der Waals surface area (Å²) in [6.45, 7) is 0.620. The molecule has 0 saturated carbocycles. The van der Waals surface area contributed by atoms with Gasteiger partial charge in [-0.1, -0.05) is 24.3 Å². The van der Waals surface area contributed by atoms with E-state index in [4.69, 9.17) is 0 Å². The van der Waals surface area contributed by atoms with Gasteiger partial charge in [0.2, 0.25) is 5.91 Å². The number of nitrogens with zero attached hydrogens (tertiary/aromatic N) is 1. The highest BCUT2D eigenvalue weighted by Gasteiger charge is 2.16. The molecule has 1 aromatic carbocycles. The van der Waals surface area contributed by atoms with E-state index in [1.807, 2.05) is 50.6 Å². The van der Waals surface area contributed by atoms with Crippen molar-refractivity contribution >= 4 is 28.1 Å². The Bertz CT molecular complexity index is 777. The lowest BCUT2D eigenvalue weighted by atomic mass is 10.1. The van der Waals surface area contributed by atoms with E-state index in [9.17, 15) is 4.79 Å². The van der Waals surface area contributed by atoms with E-state index >= 15 is 0 Å². The van der Waals surface area contributed by atoms with Crippen LogP contribution in [0, 0.1) is 0 Å². The molecule has 0 aliphatic heterocycles. The number of thiophene rings is 1. The highest BCUT2D eigenvalue weighted by atomic mass is 32.1. The van der Waals surface area contributed by atoms with Crippen molar-refractivity contribution in [2.24, 2.45) is 0 Å². The zero-order chi connectivity index (χ0) is 16.2. The molecule has 0 aliphatic rings. The first-order chi connectivity index (χ1) is 11.1. The second kappa shape index (κ2) is 6.98. The molecule has 5 heteroatoms. The largest absolute Gasteiger partial charge is 0.361 e. The van der Waals surface area contributed by atoms with Gasteiger partial charge in [-0.2, -0.15) is 0 Å². The Hall–Kier alpha value is -2.11. The van der Waals surface area contributed by atoms with Gasteiger partial charge in [0.05, 0.1) is 12.5 Å². The number of H-pyrrole nitrogens is 1. The highest BCUT2D eigenvalue weighted by Crippen LogP contribution is 2.22. The molecule has 120 valence electrons. The van der Waals surface area contributed by atoms with Crippen molar-refractivity contribution in [3.8, 4) is 0 Å². The normalized spacial score (nSPS) is 12.7. The minimum absolute atomic E-state index is 0.0539. The third-order valence-corrected chi connectivity index (χ3v) is 4.99. The zero-order valence-electron chi connectivity index (χ0n) is 13.4. The summed E-state index contributed by atoms with van der Waals surface area (Å²) in [5.41, 5.74) is 2.11. The average molecular weight is 327 g/mol. The molecule has 0 unspecified atom stereocenters.